The zero-order valence-electron chi connectivity index (χ0n) is 23.4. The topological polar surface area (TPSA) is 97.8 Å². The van der Waals surface area contributed by atoms with Gasteiger partial charge in [0.25, 0.3) is 0 Å². The molecule has 7 rings (SSSR count). The lowest BCUT2D eigenvalue weighted by molar-refractivity contribution is -0.136. The standard InChI is InChI=1S/C29H44N2O5S2/c1-26(2)20-8-10-28(26)16-37(34)30(23(28)13-20)15-22(32)18-6-5-7-19(12-18)25(33)31-24-14-21-9-11-29(24,27(21,3)4)17-38(31,35)36/h18-21,23-24H,5-17H2,1-4H3/t18-,19-,20?,21?,23-,24-,28-,29-,37?/m0/s1. The molecule has 1 amide bonds. The summed E-state index contributed by atoms with van der Waals surface area (Å²) < 4.78 is 43.4. The van der Waals surface area contributed by atoms with Crippen LogP contribution in [0.15, 0.2) is 0 Å². The molecule has 5 saturated carbocycles. The number of fused-ring (bicyclic) bond motifs is 2. The summed E-state index contributed by atoms with van der Waals surface area (Å²) in [5, 5.41) is 0. The molecule has 2 spiro atoms. The molecule has 7 aliphatic rings. The van der Waals surface area contributed by atoms with Crippen molar-refractivity contribution < 1.29 is 22.6 Å². The Hall–Kier alpha value is -0.640. The van der Waals surface area contributed by atoms with Crippen LogP contribution in [0.5, 0.6) is 0 Å². The minimum atomic E-state index is -3.65. The third kappa shape index (κ3) is 3.08. The first kappa shape index (κ1) is 26.3. The Morgan fingerprint density at radius 3 is 2.13 bits per heavy atom. The van der Waals surface area contributed by atoms with Crippen molar-refractivity contribution in [3.63, 3.8) is 0 Å². The number of amides is 1. The third-order valence-electron chi connectivity index (χ3n) is 13.8. The lowest BCUT2D eigenvalue weighted by Gasteiger charge is -2.38. The summed E-state index contributed by atoms with van der Waals surface area (Å²) in [5.41, 5.74) is -0.162. The van der Waals surface area contributed by atoms with Crippen molar-refractivity contribution in [2.45, 2.75) is 104 Å². The molecule has 7 fully saturated rings. The molecule has 5 aliphatic carbocycles. The first-order valence-corrected chi connectivity index (χ1v) is 17.9. The van der Waals surface area contributed by atoms with E-state index in [9.17, 15) is 22.6 Å². The summed E-state index contributed by atoms with van der Waals surface area (Å²) in [7, 11) is -3.65. The first-order valence-electron chi connectivity index (χ1n) is 15.0. The van der Waals surface area contributed by atoms with Crippen LogP contribution >= 0.6 is 0 Å². The molecule has 7 nitrogen and oxygen atoms in total. The molecule has 212 valence electrons. The second-order valence-corrected chi connectivity index (χ2v) is 18.4. The summed E-state index contributed by atoms with van der Waals surface area (Å²) in [6.07, 6.45) is 8.65. The Labute approximate surface area is 231 Å². The minimum absolute atomic E-state index is 0.0579. The van der Waals surface area contributed by atoms with Gasteiger partial charge in [0.15, 0.2) is 5.78 Å². The highest BCUT2D eigenvalue weighted by Crippen LogP contribution is 2.71. The molecule has 9 atom stereocenters. The molecule has 0 aromatic rings. The van der Waals surface area contributed by atoms with E-state index in [0.29, 0.717) is 30.4 Å². The van der Waals surface area contributed by atoms with E-state index in [-0.39, 0.29) is 63.6 Å². The number of carbonyl (C=O) groups excluding carboxylic acids is 2. The Kier molecular flexibility index (Phi) is 5.53. The second-order valence-electron chi connectivity index (χ2n) is 15.2. The Morgan fingerprint density at radius 1 is 0.868 bits per heavy atom. The minimum Gasteiger partial charge on any atom is -0.598 e. The Morgan fingerprint density at radius 2 is 1.47 bits per heavy atom. The molecule has 9 heteroatoms. The maximum atomic E-state index is 13.9. The van der Waals surface area contributed by atoms with Gasteiger partial charge in [-0.15, -0.1) is 4.31 Å². The quantitative estimate of drug-likeness (QED) is 0.481. The Balaban J connectivity index is 1.06. The van der Waals surface area contributed by atoms with Crippen molar-refractivity contribution in [1.82, 2.24) is 8.61 Å². The van der Waals surface area contributed by atoms with Gasteiger partial charge in [0, 0.05) is 34.0 Å². The van der Waals surface area contributed by atoms with Crippen molar-refractivity contribution in [2.24, 2.45) is 45.3 Å². The van der Waals surface area contributed by atoms with E-state index in [1.165, 1.54) is 10.7 Å². The van der Waals surface area contributed by atoms with E-state index in [4.69, 9.17) is 0 Å². The van der Waals surface area contributed by atoms with Gasteiger partial charge in [0.05, 0.1) is 17.8 Å². The fraction of sp³-hybridized carbons (Fsp3) is 0.931. The highest BCUT2D eigenvalue weighted by molar-refractivity contribution is 7.90. The van der Waals surface area contributed by atoms with Crippen LogP contribution in [-0.2, 0) is 31.0 Å². The van der Waals surface area contributed by atoms with Gasteiger partial charge in [-0.2, -0.15) is 0 Å². The van der Waals surface area contributed by atoms with Crippen LogP contribution in [0.3, 0.4) is 0 Å². The molecule has 0 N–H and O–H groups in total. The number of carbonyl (C=O) groups is 2. The van der Waals surface area contributed by atoms with Crippen molar-refractivity contribution in [3.8, 4) is 0 Å². The second kappa shape index (κ2) is 8.01. The maximum absolute atomic E-state index is 13.9. The van der Waals surface area contributed by atoms with Crippen molar-refractivity contribution >= 4 is 33.1 Å². The van der Waals surface area contributed by atoms with Gasteiger partial charge in [0.2, 0.25) is 15.9 Å². The largest absolute Gasteiger partial charge is 0.598 e. The van der Waals surface area contributed by atoms with Crippen molar-refractivity contribution in [3.05, 3.63) is 0 Å². The normalized spacial score (nSPS) is 49.4. The van der Waals surface area contributed by atoms with E-state index in [0.717, 1.165) is 44.9 Å². The van der Waals surface area contributed by atoms with Crippen LogP contribution in [0.4, 0.5) is 0 Å². The summed E-state index contributed by atoms with van der Waals surface area (Å²) in [5.74, 6) is 1.04. The molecule has 2 heterocycles. The molecule has 2 aliphatic heterocycles. The van der Waals surface area contributed by atoms with Crippen LogP contribution in [0.25, 0.3) is 0 Å². The van der Waals surface area contributed by atoms with Gasteiger partial charge >= 0.3 is 0 Å². The number of hydrogen-bond acceptors (Lipinski definition) is 6. The summed E-state index contributed by atoms with van der Waals surface area (Å²) in [6, 6.07) is 0.00307. The van der Waals surface area contributed by atoms with Crippen LogP contribution in [0, 0.1) is 45.3 Å². The molecule has 3 unspecified atom stereocenters. The lowest BCUT2D eigenvalue weighted by Crippen LogP contribution is -2.48. The van der Waals surface area contributed by atoms with Gasteiger partial charge < -0.3 is 4.55 Å². The van der Waals surface area contributed by atoms with Gasteiger partial charge in [0.1, 0.15) is 12.3 Å². The highest BCUT2D eigenvalue weighted by Gasteiger charge is 2.73. The van der Waals surface area contributed by atoms with Crippen LogP contribution in [0.1, 0.15) is 91.9 Å². The lowest BCUT2D eigenvalue weighted by atomic mass is 9.69. The summed E-state index contributed by atoms with van der Waals surface area (Å²) in [4.78, 5) is 27.5. The fourth-order valence-electron chi connectivity index (χ4n) is 11.1. The molecular weight excluding hydrogens is 520 g/mol. The number of hydrogen-bond donors (Lipinski definition) is 0. The average molecular weight is 565 g/mol. The van der Waals surface area contributed by atoms with Gasteiger partial charge in [-0.3, -0.25) is 9.59 Å². The molecule has 0 aromatic heterocycles. The molecule has 4 bridgehead atoms. The van der Waals surface area contributed by atoms with Gasteiger partial charge in [-0.25, -0.2) is 12.7 Å². The molecule has 38 heavy (non-hydrogen) atoms. The Bertz CT molecular complexity index is 1190. The van der Waals surface area contributed by atoms with E-state index in [1.54, 1.807) is 0 Å². The summed E-state index contributed by atoms with van der Waals surface area (Å²) >= 11 is -1.14. The molecule has 0 aromatic carbocycles. The first-order chi connectivity index (χ1) is 17.8. The molecule has 0 radical (unpaired) electrons. The SMILES string of the molecule is CC1(C)C2CC[C@@]13C[S+]([O-])N(CC(=O)[C@H]1CCC[C@H](C(=O)N4[C@H]5CC6CC[C@@]5(CS4(=O)=O)C6(C)C)C1)[C@H]3C2. The number of sulfonamides is 1. The average Bonchev–Trinajstić information content (AvgIpc) is 3.56. The zero-order valence-corrected chi connectivity index (χ0v) is 25.0. The van der Waals surface area contributed by atoms with Gasteiger partial charge in [-0.1, -0.05) is 34.1 Å². The van der Waals surface area contributed by atoms with Crippen molar-refractivity contribution in [1.29, 1.82) is 0 Å². The zero-order chi connectivity index (χ0) is 27.0. The fourth-order valence-corrected chi connectivity index (χ4v) is 15.9. The smallest absolute Gasteiger partial charge is 0.239 e. The third-order valence-corrected chi connectivity index (χ3v) is 17.4. The predicted octanol–water partition coefficient (Wildman–Crippen LogP) is 3.90. The van der Waals surface area contributed by atoms with E-state index < -0.39 is 27.3 Å². The van der Waals surface area contributed by atoms with Crippen molar-refractivity contribution in [2.75, 3.05) is 18.1 Å². The number of Topliss-reactive ketones (excluding diaryl/α,β-unsaturated/α-hetero) is 1. The monoisotopic (exact) mass is 564 g/mol. The van der Waals surface area contributed by atoms with Crippen LogP contribution in [0.2, 0.25) is 0 Å². The van der Waals surface area contributed by atoms with Gasteiger partial charge in [-0.05, 0) is 80.5 Å². The van der Waals surface area contributed by atoms with E-state index in [1.807, 2.05) is 4.31 Å². The number of rotatable bonds is 4. The van der Waals surface area contributed by atoms with Crippen LogP contribution < -0.4 is 0 Å². The predicted molar refractivity (Wildman–Crippen MR) is 145 cm³/mol. The molecule has 2 saturated heterocycles. The summed E-state index contributed by atoms with van der Waals surface area (Å²) in [6.45, 7) is 9.27. The van der Waals surface area contributed by atoms with Crippen LogP contribution in [-0.4, -0.2) is 63.4 Å². The van der Waals surface area contributed by atoms with E-state index in [2.05, 4.69) is 27.7 Å². The van der Waals surface area contributed by atoms with E-state index >= 15 is 0 Å². The maximum Gasteiger partial charge on any atom is 0.239 e. The molecular formula is C29H44N2O5S2. The highest BCUT2D eigenvalue weighted by atomic mass is 32.2. The number of nitrogens with zero attached hydrogens (tertiary/aromatic N) is 2. The number of ketones is 1.